The van der Waals surface area contributed by atoms with Crippen molar-refractivity contribution >= 4 is 17.7 Å². The normalized spacial score (nSPS) is 12.7. The minimum Gasteiger partial charge on any atom is -0.368 e. The number of benzene rings is 2. The van der Waals surface area contributed by atoms with Crippen LogP contribution in [0.3, 0.4) is 0 Å². The van der Waals surface area contributed by atoms with E-state index >= 15 is 0 Å². The average molecular weight is 399 g/mol. The quantitative estimate of drug-likeness (QED) is 0.630. The summed E-state index contributed by atoms with van der Waals surface area (Å²) >= 11 is 0. The van der Waals surface area contributed by atoms with Crippen LogP contribution in [0.4, 0.5) is 4.39 Å². The van der Waals surface area contributed by atoms with Gasteiger partial charge in [-0.1, -0.05) is 36.4 Å². The van der Waals surface area contributed by atoms with Gasteiger partial charge in [0.25, 0.3) is 0 Å². The molecule has 0 radical (unpaired) electrons. The topological polar surface area (TPSA) is 101 Å². The van der Waals surface area contributed by atoms with Crippen LogP contribution in [0.2, 0.25) is 0 Å². The number of nitrogens with two attached hydrogens (primary N) is 1. The van der Waals surface area contributed by atoms with E-state index in [1.807, 2.05) is 32.0 Å². The number of nitrogens with one attached hydrogen (secondary N) is 2. The van der Waals surface area contributed by atoms with Crippen molar-refractivity contribution < 1.29 is 18.8 Å². The Hall–Kier alpha value is -3.22. The lowest BCUT2D eigenvalue weighted by molar-refractivity contribution is -0.130. The summed E-state index contributed by atoms with van der Waals surface area (Å²) in [6.07, 6.45) is 0.169. The highest BCUT2D eigenvalue weighted by Gasteiger charge is 2.26. The van der Waals surface area contributed by atoms with Crippen molar-refractivity contribution in [2.24, 2.45) is 5.73 Å². The van der Waals surface area contributed by atoms with Gasteiger partial charge in [-0.2, -0.15) is 0 Å². The van der Waals surface area contributed by atoms with Gasteiger partial charge in [-0.15, -0.1) is 0 Å². The lowest BCUT2D eigenvalue weighted by atomic mass is 9.99. The van der Waals surface area contributed by atoms with Gasteiger partial charge in [0.2, 0.25) is 17.7 Å². The molecule has 4 N–H and O–H groups in total. The maximum absolute atomic E-state index is 14.0. The largest absolute Gasteiger partial charge is 0.368 e. The van der Waals surface area contributed by atoms with E-state index in [4.69, 9.17) is 5.73 Å². The standard InChI is InChI=1S/C22H26FN3O3/c1-13-8-9-16(10-14(13)2)11-19(21(24)28)26-22(29)20(25-15(3)27)12-17-6-4-5-7-18(17)23/h4-10,19-20H,11-12H2,1-3H3,(H2,24,28)(H,25,27)(H,26,29)/t19-,20-/m0/s1. The Labute approximate surface area is 169 Å². The third kappa shape index (κ3) is 6.41. The van der Waals surface area contributed by atoms with E-state index < -0.39 is 35.6 Å². The zero-order chi connectivity index (χ0) is 21.6. The minimum atomic E-state index is -1.04. The molecule has 7 heteroatoms. The molecule has 2 aromatic carbocycles. The Kier molecular flexibility index (Phi) is 7.47. The number of primary amides is 1. The van der Waals surface area contributed by atoms with Crippen LogP contribution >= 0.6 is 0 Å². The Morgan fingerprint density at radius 1 is 0.966 bits per heavy atom. The molecule has 0 unspecified atom stereocenters. The fourth-order valence-electron chi connectivity index (χ4n) is 3.00. The summed E-state index contributed by atoms with van der Waals surface area (Å²) in [5.41, 5.74) is 8.79. The minimum absolute atomic E-state index is 0.0484. The van der Waals surface area contributed by atoms with Crippen molar-refractivity contribution in [1.82, 2.24) is 10.6 Å². The van der Waals surface area contributed by atoms with Crippen LogP contribution in [0, 0.1) is 19.7 Å². The number of hydrogen-bond donors (Lipinski definition) is 3. The van der Waals surface area contributed by atoms with E-state index in [1.165, 1.54) is 19.1 Å². The van der Waals surface area contributed by atoms with E-state index in [1.54, 1.807) is 12.1 Å². The number of halogens is 1. The molecule has 154 valence electrons. The number of aryl methyl sites for hydroxylation is 2. The predicted molar refractivity (Wildman–Crippen MR) is 108 cm³/mol. The first-order valence-corrected chi connectivity index (χ1v) is 9.33. The van der Waals surface area contributed by atoms with Crippen LogP contribution < -0.4 is 16.4 Å². The molecule has 0 heterocycles. The summed E-state index contributed by atoms with van der Waals surface area (Å²) < 4.78 is 14.0. The summed E-state index contributed by atoms with van der Waals surface area (Å²) in [5.74, 6) is -2.20. The molecule has 0 aliphatic rings. The molecule has 0 bridgehead atoms. The van der Waals surface area contributed by atoms with Crippen LogP contribution in [0.25, 0.3) is 0 Å². The summed E-state index contributed by atoms with van der Waals surface area (Å²) in [6, 6.07) is 9.75. The summed E-state index contributed by atoms with van der Waals surface area (Å²) in [4.78, 5) is 36.2. The fourth-order valence-corrected chi connectivity index (χ4v) is 3.00. The van der Waals surface area contributed by atoms with E-state index in [-0.39, 0.29) is 18.4 Å². The second kappa shape index (κ2) is 9.82. The lowest BCUT2D eigenvalue weighted by Crippen LogP contribution is -2.54. The highest BCUT2D eigenvalue weighted by molar-refractivity contribution is 5.91. The second-order valence-corrected chi connectivity index (χ2v) is 7.13. The van der Waals surface area contributed by atoms with Crippen LogP contribution in [-0.4, -0.2) is 29.8 Å². The fraction of sp³-hybridized carbons (Fsp3) is 0.318. The van der Waals surface area contributed by atoms with Gasteiger partial charge >= 0.3 is 0 Å². The molecule has 2 aromatic rings. The first-order chi connectivity index (χ1) is 13.7. The Bertz CT molecular complexity index is 914. The molecule has 0 aliphatic carbocycles. The van der Waals surface area contributed by atoms with Gasteiger partial charge in [-0.25, -0.2) is 4.39 Å². The maximum atomic E-state index is 14.0. The van der Waals surface area contributed by atoms with Gasteiger partial charge in [0.15, 0.2) is 0 Å². The molecule has 0 saturated carbocycles. The lowest BCUT2D eigenvalue weighted by Gasteiger charge is -2.22. The first-order valence-electron chi connectivity index (χ1n) is 9.33. The summed E-state index contributed by atoms with van der Waals surface area (Å²) in [6.45, 7) is 5.20. The van der Waals surface area contributed by atoms with Gasteiger partial charge < -0.3 is 16.4 Å². The van der Waals surface area contributed by atoms with Gasteiger partial charge in [-0.05, 0) is 42.2 Å². The third-order valence-electron chi connectivity index (χ3n) is 4.75. The van der Waals surface area contributed by atoms with Crippen molar-refractivity contribution in [1.29, 1.82) is 0 Å². The number of rotatable bonds is 8. The van der Waals surface area contributed by atoms with Crippen LogP contribution in [0.5, 0.6) is 0 Å². The number of amides is 3. The molecule has 6 nitrogen and oxygen atoms in total. The van der Waals surface area contributed by atoms with Crippen molar-refractivity contribution in [3.05, 3.63) is 70.5 Å². The molecule has 0 aromatic heterocycles. The SMILES string of the molecule is CC(=O)N[C@@H](Cc1ccccc1F)C(=O)N[C@@H](Cc1ccc(C)c(C)c1)C(N)=O. The van der Waals surface area contributed by atoms with Gasteiger partial charge in [0, 0.05) is 19.8 Å². The summed E-state index contributed by atoms with van der Waals surface area (Å²) in [7, 11) is 0. The van der Waals surface area contributed by atoms with Crippen molar-refractivity contribution in [2.45, 2.75) is 45.7 Å². The zero-order valence-corrected chi connectivity index (χ0v) is 16.8. The molecular weight excluding hydrogens is 373 g/mol. The van der Waals surface area contributed by atoms with Crippen LogP contribution in [0.15, 0.2) is 42.5 Å². The van der Waals surface area contributed by atoms with E-state index in [0.717, 1.165) is 16.7 Å². The molecular formula is C22H26FN3O3. The van der Waals surface area contributed by atoms with E-state index in [0.29, 0.717) is 0 Å². The first kappa shape index (κ1) is 22.1. The van der Waals surface area contributed by atoms with Gasteiger partial charge in [0.1, 0.15) is 17.9 Å². The van der Waals surface area contributed by atoms with Gasteiger partial charge in [-0.3, -0.25) is 14.4 Å². The highest BCUT2D eigenvalue weighted by Crippen LogP contribution is 2.13. The number of carbonyl (C=O) groups is 3. The Balaban J connectivity index is 2.17. The molecule has 0 aliphatic heterocycles. The third-order valence-corrected chi connectivity index (χ3v) is 4.75. The molecule has 0 spiro atoms. The average Bonchev–Trinajstić information content (AvgIpc) is 2.64. The zero-order valence-electron chi connectivity index (χ0n) is 16.8. The molecule has 2 atom stereocenters. The monoisotopic (exact) mass is 399 g/mol. The van der Waals surface area contributed by atoms with Crippen molar-refractivity contribution in [3.8, 4) is 0 Å². The van der Waals surface area contributed by atoms with E-state index in [9.17, 15) is 18.8 Å². The molecule has 0 fully saturated rings. The maximum Gasteiger partial charge on any atom is 0.243 e. The number of carbonyl (C=O) groups excluding carboxylic acids is 3. The smallest absolute Gasteiger partial charge is 0.243 e. The highest BCUT2D eigenvalue weighted by atomic mass is 19.1. The summed E-state index contributed by atoms with van der Waals surface area (Å²) in [5, 5.41) is 5.10. The van der Waals surface area contributed by atoms with Crippen molar-refractivity contribution in [2.75, 3.05) is 0 Å². The Morgan fingerprint density at radius 2 is 1.66 bits per heavy atom. The Morgan fingerprint density at radius 3 is 2.24 bits per heavy atom. The van der Waals surface area contributed by atoms with Crippen LogP contribution in [-0.2, 0) is 27.2 Å². The predicted octanol–water partition coefficient (Wildman–Crippen LogP) is 1.70. The van der Waals surface area contributed by atoms with Crippen LogP contribution in [0.1, 0.15) is 29.2 Å². The number of hydrogen-bond acceptors (Lipinski definition) is 3. The molecule has 29 heavy (non-hydrogen) atoms. The van der Waals surface area contributed by atoms with Crippen molar-refractivity contribution in [3.63, 3.8) is 0 Å². The molecule has 3 amide bonds. The second-order valence-electron chi connectivity index (χ2n) is 7.13. The molecule has 0 saturated heterocycles. The van der Waals surface area contributed by atoms with Gasteiger partial charge in [0.05, 0.1) is 0 Å². The van der Waals surface area contributed by atoms with E-state index in [2.05, 4.69) is 10.6 Å². The molecule has 2 rings (SSSR count).